The largest absolute Gasteiger partial charge is 0.497 e. The number of methoxy groups -OCH3 is 2. The van der Waals surface area contributed by atoms with E-state index in [-0.39, 0.29) is 22.1 Å². The maximum Gasteiger partial charge on any atom is 0.276 e. The minimum Gasteiger partial charge on any atom is -0.497 e. The van der Waals surface area contributed by atoms with E-state index in [0.29, 0.717) is 30.5 Å². The molecule has 1 amide bonds. The van der Waals surface area contributed by atoms with E-state index in [9.17, 15) is 9.59 Å². The molecule has 178 valence electrons. The van der Waals surface area contributed by atoms with E-state index in [4.69, 9.17) is 42.3 Å². The molecule has 0 saturated heterocycles. The molecule has 0 N–H and O–H groups in total. The lowest BCUT2D eigenvalue weighted by atomic mass is 10.2. The molecule has 0 aromatic heterocycles. The first-order valence-electron chi connectivity index (χ1n) is 9.98. The van der Waals surface area contributed by atoms with Gasteiger partial charge in [-0.15, -0.1) is 5.11 Å². The zero-order valence-electron chi connectivity index (χ0n) is 18.9. The standard InChI is InChI=1S/C22H25Cl2N3O6/c1-6-32-16-8-14(9-17(10-16)33-7-2)27(24)22(29)20(13(3)28)25-26-21-18(23)11-15(30-4)12-19(21)31-5/h8-12,20H,6-7H2,1-5H3. The van der Waals surface area contributed by atoms with Gasteiger partial charge in [-0.3, -0.25) is 9.59 Å². The van der Waals surface area contributed by atoms with Crippen LogP contribution in [-0.2, 0) is 9.59 Å². The van der Waals surface area contributed by atoms with Crippen LogP contribution >= 0.6 is 23.4 Å². The summed E-state index contributed by atoms with van der Waals surface area (Å²) in [4.78, 5) is 25.3. The van der Waals surface area contributed by atoms with Crippen molar-refractivity contribution < 1.29 is 28.5 Å². The van der Waals surface area contributed by atoms with Gasteiger partial charge in [-0.05, 0) is 20.8 Å². The molecule has 0 bridgehead atoms. The monoisotopic (exact) mass is 497 g/mol. The van der Waals surface area contributed by atoms with E-state index in [1.165, 1.54) is 27.2 Å². The van der Waals surface area contributed by atoms with Crippen molar-refractivity contribution in [3.05, 3.63) is 35.4 Å². The number of benzene rings is 2. The number of anilines is 1. The Hall–Kier alpha value is -3.04. The molecule has 33 heavy (non-hydrogen) atoms. The van der Waals surface area contributed by atoms with Gasteiger partial charge in [0.05, 0.1) is 38.1 Å². The highest BCUT2D eigenvalue weighted by Gasteiger charge is 2.30. The van der Waals surface area contributed by atoms with Crippen molar-refractivity contribution in [2.75, 3.05) is 31.9 Å². The van der Waals surface area contributed by atoms with Crippen molar-refractivity contribution in [3.8, 4) is 23.0 Å². The summed E-state index contributed by atoms with van der Waals surface area (Å²) < 4.78 is 22.2. The van der Waals surface area contributed by atoms with Crippen LogP contribution < -0.4 is 23.4 Å². The first-order valence-corrected chi connectivity index (χ1v) is 10.7. The third kappa shape index (κ3) is 6.72. The molecule has 0 fully saturated rings. The molecule has 11 heteroatoms. The number of hydrogen-bond donors (Lipinski definition) is 0. The smallest absolute Gasteiger partial charge is 0.276 e. The van der Waals surface area contributed by atoms with Gasteiger partial charge in [0.2, 0.25) is 6.04 Å². The van der Waals surface area contributed by atoms with Crippen molar-refractivity contribution in [2.45, 2.75) is 26.8 Å². The van der Waals surface area contributed by atoms with Crippen LogP contribution in [0.15, 0.2) is 40.6 Å². The molecular formula is C22H25Cl2N3O6. The predicted octanol–water partition coefficient (Wildman–Crippen LogP) is 5.38. The summed E-state index contributed by atoms with van der Waals surface area (Å²) in [6, 6.07) is 6.31. The van der Waals surface area contributed by atoms with E-state index in [2.05, 4.69) is 10.2 Å². The minimum atomic E-state index is -1.52. The van der Waals surface area contributed by atoms with Gasteiger partial charge in [0.25, 0.3) is 5.91 Å². The molecule has 2 aromatic carbocycles. The van der Waals surface area contributed by atoms with Gasteiger partial charge in [0.15, 0.2) is 11.5 Å². The second-order valence-electron chi connectivity index (χ2n) is 6.54. The van der Waals surface area contributed by atoms with Crippen molar-refractivity contribution >= 4 is 46.4 Å². The Morgan fingerprint density at radius 3 is 2.06 bits per heavy atom. The lowest BCUT2D eigenvalue weighted by Gasteiger charge is -2.19. The van der Waals surface area contributed by atoms with Gasteiger partial charge >= 0.3 is 0 Å². The zero-order valence-corrected chi connectivity index (χ0v) is 20.4. The molecule has 2 aromatic rings. The van der Waals surface area contributed by atoms with E-state index in [1.807, 2.05) is 13.8 Å². The van der Waals surface area contributed by atoms with Crippen molar-refractivity contribution in [2.24, 2.45) is 10.2 Å². The average Bonchev–Trinajstić information content (AvgIpc) is 2.79. The number of Topliss-reactive ketones (excluding diaryl/α,β-unsaturated/α-hetero) is 1. The van der Waals surface area contributed by atoms with Crippen LogP contribution in [0.4, 0.5) is 11.4 Å². The summed E-state index contributed by atoms with van der Waals surface area (Å²) in [7, 11) is 2.89. The summed E-state index contributed by atoms with van der Waals surface area (Å²) in [5, 5.41) is 8.08. The van der Waals surface area contributed by atoms with Gasteiger partial charge in [0.1, 0.15) is 22.9 Å². The molecule has 0 aliphatic carbocycles. The Kier molecular flexibility index (Phi) is 9.74. The Morgan fingerprint density at radius 1 is 0.970 bits per heavy atom. The van der Waals surface area contributed by atoms with Crippen LogP contribution in [0.2, 0.25) is 5.02 Å². The highest BCUT2D eigenvalue weighted by Crippen LogP contribution is 2.39. The van der Waals surface area contributed by atoms with E-state index in [0.717, 1.165) is 4.42 Å². The second-order valence-corrected chi connectivity index (χ2v) is 7.28. The third-order valence-corrected chi connectivity index (χ3v) is 4.91. The average molecular weight is 498 g/mol. The minimum absolute atomic E-state index is 0.136. The van der Waals surface area contributed by atoms with E-state index in [1.54, 1.807) is 24.3 Å². The molecule has 0 aliphatic heterocycles. The Bertz CT molecular complexity index is 1010. The molecule has 2 rings (SSSR count). The van der Waals surface area contributed by atoms with Gasteiger partial charge < -0.3 is 18.9 Å². The van der Waals surface area contributed by atoms with Crippen LogP contribution in [0.5, 0.6) is 23.0 Å². The summed E-state index contributed by atoms with van der Waals surface area (Å²) in [5.41, 5.74) is 0.384. The van der Waals surface area contributed by atoms with Crippen molar-refractivity contribution in [1.29, 1.82) is 0 Å². The molecular weight excluding hydrogens is 473 g/mol. The number of carbonyl (C=O) groups is 2. The molecule has 0 aliphatic rings. The molecule has 0 heterocycles. The summed E-state index contributed by atoms with van der Waals surface area (Å²) in [5.74, 6) is 0.226. The van der Waals surface area contributed by atoms with Gasteiger partial charge in [-0.2, -0.15) is 5.11 Å². The van der Waals surface area contributed by atoms with Crippen molar-refractivity contribution in [1.82, 2.24) is 0 Å². The van der Waals surface area contributed by atoms with Gasteiger partial charge in [-0.25, -0.2) is 4.42 Å². The summed E-state index contributed by atoms with van der Waals surface area (Å²) >= 11 is 12.5. The number of ether oxygens (including phenoxy) is 4. The Labute approximate surface area is 202 Å². The molecule has 1 atom stereocenters. The van der Waals surface area contributed by atoms with Gasteiger partial charge in [0, 0.05) is 42.1 Å². The van der Waals surface area contributed by atoms with Crippen LogP contribution in [0, 0.1) is 0 Å². The molecule has 0 spiro atoms. The molecule has 1 unspecified atom stereocenters. The van der Waals surface area contributed by atoms with Crippen LogP contribution in [0.25, 0.3) is 0 Å². The number of rotatable bonds is 11. The van der Waals surface area contributed by atoms with Crippen molar-refractivity contribution in [3.63, 3.8) is 0 Å². The third-order valence-electron chi connectivity index (χ3n) is 4.26. The first-order chi connectivity index (χ1) is 15.7. The lowest BCUT2D eigenvalue weighted by molar-refractivity contribution is -0.126. The van der Waals surface area contributed by atoms with E-state index >= 15 is 0 Å². The Balaban J connectivity index is 2.39. The lowest BCUT2D eigenvalue weighted by Crippen LogP contribution is -2.36. The molecule has 0 radical (unpaired) electrons. The predicted molar refractivity (Wildman–Crippen MR) is 126 cm³/mol. The summed E-state index contributed by atoms with van der Waals surface area (Å²) in [6.45, 7) is 5.66. The SMILES string of the molecule is CCOc1cc(OCC)cc(N(Cl)C(=O)C(N=Nc2c(Cl)cc(OC)cc2OC)C(C)=O)c1. The number of carbonyl (C=O) groups excluding carboxylic acids is 2. The first kappa shape index (κ1) is 26.2. The highest BCUT2D eigenvalue weighted by atomic mass is 35.5. The van der Waals surface area contributed by atoms with Crippen LogP contribution in [0.1, 0.15) is 20.8 Å². The van der Waals surface area contributed by atoms with Crippen LogP contribution in [-0.4, -0.2) is 45.2 Å². The fraction of sp³-hybridized carbons (Fsp3) is 0.364. The molecule has 0 saturated carbocycles. The highest BCUT2D eigenvalue weighted by molar-refractivity contribution is 6.39. The van der Waals surface area contributed by atoms with Crippen LogP contribution in [0.3, 0.4) is 0 Å². The number of halogens is 2. The van der Waals surface area contributed by atoms with E-state index < -0.39 is 17.7 Å². The number of hydrogen-bond acceptors (Lipinski definition) is 8. The zero-order chi connectivity index (χ0) is 24.5. The maximum absolute atomic E-state index is 13.0. The fourth-order valence-electron chi connectivity index (χ4n) is 2.75. The quantitative estimate of drug-likeness (QED) is 0.234. The molecule has 9 nitrogen and oxygen atoms in total. The Morgan fingerprint density at radius 2 is 1.58 bits per heavy atom. The normalized spacial score (nSPS) is 11.7. The summed E-state index contributed by atoms with van der Waals surface area (Å²) in [6.07, 6.45) is 0. The number of azo groups is 1. The number of nitrogens with zero attached hydrogens (tertiary/aromatic N) is 3. The fourth-order valence-corrected chi connectivity index (χ4v) is 3.17. The van der Waals surface area contributed by atoms with Gasteiger partial charge in [-0.1, -0.05) is 11.6 Å². The number of amides is 1. The number of ketones is 1. The second kappa shape index (κ2) is 12.3. The maximum atomic E-state index is 13.0. The topological polar surface area (TPSA) is 99.0 Å².